The average molecular weight is 429 g/mol. The van der Waals surface area contributed by atoms with E-state index >= 15 is 0 Å². The normalized spacial score (nSPS) is 26.6. The Balaban J connectivity index is 1.51. The molecule has 0 spiro atoms. The molecule has 2 heterocycles. The maximum Gasteiger partial charge on any atom is 0.356 e. The van der Waals surface area contributed by atoms with Gasteiger partial charge in [-0.25, -0.2) is 4.79 Å². The van der Waals surface area contributed by atoms with Crippen molar-refractivity contribution in [3.05, 3.63) is 23.9 Å². The summed E-state index contributed by atoms with van der Waals surface area (Å²) in [5, 5.41) is 3.65. The summed E-state index contributed by atoms with van der Waals surface area (Å²) in [5.41, 5.74) is 2.11. The molecule has 2 bridgehead atoms. The molecule has 1 amide bonds. The largest absolute Gasteiger partial charge is 0.496 e. The number of quaternary nitrogens is 1. The number of rotatable bonds is 6. The number of aromatic amines is 1. The number of carbonyl (C=O) groups is 2. The second kappa shape index (κ2) is 7.86. The molecule has 4 rings (SSSR count). The van der Waals surface area contributed by atoms with Crippen molar-refractivity contribution in [3.63, 3.8) is 0 Å². The standard InChI is InChI=1S/C24H33N3O4/c1-23(2)11-15-12-24(3,13-23)14-27(15)10-9-18(28)26-20-19-16(7-6-8-17(19)30-4)25-21(20)22(29)31-5/h6-8,15,25H,9-14H2,1-5H3,(H,26,28)/p+1/t15-,24-/m0/s1. The summed E-state index contributed by atoms with van der Waals surface area (Å²) in [7, 11) is 2.90. The highest BCUT2D eigenvalue weighted by Crippen LogP contribution is 2.47. The molecule has 31 heavy (non-hydrogen) atoms. The second-order valence-corrected chi connectivity index (χ2v) is 10.4. The summed E-state index contributed by atoms with van der Waals surface area (Å²) in [5.74, 6) is -0.0358. The third-order valence-corrected chi connectivity index (χ3v) is 7.01. The van der Waals surface area contributed by atoms with Gasteiger partial charge in [0, 0.05) is 18.3 Å². The van der Waals surface area contributed by atoms with Crippen LogP contribution in [0.25, 0.3) is 10.9 Å². The molecule has 1 unspecified atom stereocenters. The maximum atomic E-state index is 12.9. The van der Waals surface area contributed by atoms with Crippen LogP contribution in [0.4, 0.5) is 5.69 Å². The van der Waals surface area contributed by atoms with Gasteiger partial charge in [-0.3, -0.25) is 4.79 Å². The van der Waals surface area contributed by atoms with Crippen LogP contribution in [0.15, 0.2) is 18.2 Å². The minimum absolute atomic E-state index is 0.102. The minimum Gasteiger partial charge on any atom is -0.496 e. The lowest BCUT2D eigenvalue weighted by atomic mass is 9.65. The van der Waals surface area contributed by atoms with Crippen molar-refractivity contribution in [1.29, 1.82) is 0 Å². The number of amides is 1. The van der Waals surface area contributed by atoms with Crippen molar-refractivity contribution in [1.82, 2.24) is 4.98 Å². The Morgan fingerprint density at radius 2 is 2.00 bits per heavy atom. The van der Waals surface area contributed by atoms with Crippen molar-refractivity contribution in [2.45, 2.75) is 52.5 Å². The van der Waals surface area contributed by atoms with E-state index in [1.54, 1.807) is 7.11 Å². The lowest BCUT2D eigenvalue weighted by Crippen LogP contribution is -3.14. The van der Waals surface area contributed by atoms with Gasteiger partial charge in [-0.2, -0.15) is 0 Å². The van der Waals surface area contributed by atoms with Crippen LogP contribution in [0.3, 0.4) is 0 Å². The molecule has 3 atom stereocenters. The highest BCUT2D eigenvalue weighted by atomic mass is 16.5. The van der Waals surface area contributed by atoms with Gasteiger partial charge < -0.3 is 24.7 Å². The molecule has 2 aliphatic rings. The second-order valence-electron chi connectivity index (χ2n) is 10.4. The van der Waals surface area contributed by atoms with Gasteiger partial charge in [0.25, 0.3) is 0 Å². The number of H-pyrrole nitrogens is 1. The van der Waals surface area contributed by atoms with E-state index in [0.717, 1.165) is 13.1 Å². The lowest BCUT2D eigenvalue weighted by molar-refractivity contribution is -0.913. The molecule has 7 nitrogen and oxygen atoms in total. The number of nitrogens with one attached hydrogen (secondary N) is 3. The molecule has 168 valence electrons. The first kappa shape index (κ1) is 21.7. The number of fused-ring (bicyclic) bond motifs is 3. The number of methoxy groups -OCH3 is 2. The summed E-state index contributed by atoms with van der Waals surface area (Å²) in [6.07, 6.45) is 4.12. The van der Waals surface area contributed by atoms with Gasteiger partial charge in [0.05, 0.1) is 56.4 Å². The van der Waals surface area contributed by atoms with Crippen LogP contribution in [-0.2, 0) is 9.53 Å². The topological polar surface area (TPSA) is 84.9 Å². The molecule has 1 aliphatic heterocycles. The zero-order valence-corrected chi connectivity index (χ0v) is 19.2. The van der Waals surface area contributed by atoms with E-state index in [-0.39, 0.29) is 11.6 Å². The quantitative estimate of drug-likeness (QED) is 0.618. The Hall–Kier alpha value is -2.54. The fourth-order valence-corrected chi connectivity index (χ4v) is 6.28. The molecule has 1 saturated carbocycles. The molecular weight excluding hydrogens is 394 g/mol. The smallest absolute Gasteiger partial charge is 0.356 e. The third kappa shape index (κ3) is 4.15. The van der Waals surface area contributed by atoms with E-state index < -0.39 is 5.97 Å². The Morgan fingerprint density at radius 3 is 2.71 bits per heavy atom. The van der Waals surface area contributed by atoms with Crippen LogP contribution in [-0.4, -0.2) is 50.2 Å². The Morgan fingerprint density at radius 1 is 1.23 bits per heavy atom. The molecule has 7 heteroatoms. The Labute approximate surface area is 183 Å². The van der Waals surface area contributed by atoms with Gasteiger partial charge >= 0.3 is 5.97 Å². The first-order valence-corrected chi connectivity index (χ1v) is 11.1. The molecule has 1 aromatic heterocycles. The number of aromatic nitrogens is 1. The number of ether oxygens (including phenoxy) is 2. The van der Waals surface area contributed by atoms with E-state index in [1.807, 2.05) is 18.2 Å². The SMILES string of the molecule is COC(=O)c1[nH]c2cccc(OC)c2c1NC(=O)CC[NH+]1C[C@@]2(C)C[C@@H]1CC(C)(C)C2. The molecule has 2 fully saturated rings. The van der Waals surface area contributed by atoms with Crippen molar-refractivity contribution >= 4 is 28.5 Å². The number of hydrogen-bond donors (Lipinski definition) is 3. The predicted octanol–water partition coefficient (Wildman–Crippen LogP) is 2.78. The molecule has 0 radical (unpaired) electrons. The number of likely N-dealkylation sites (tertiary alicyclic amines) is 1. The molecule has 3 N–H and O–H groups in total. The summed E-state index contributed by atoms with van der Waals surface area (Å²) >= 11 is 0. The monoisotopic (exact) mass is 428 g/mol. The first-order valence-electron chi connectivity index (χ1n) is 11.1. The van der Waals surface area contributed by atoms with Crippen molar-refractivity contribution in [2.24, 2.45) is 10.8 Å². The first-order chi connectivity index (χ1) is 14.6. The van der Waals surface area contributed by atoms with Crippen LogP contribution in [0.1, 0.15) is 56.9 Å². The number of esters is 1. The van der Waals surface area contributed by atoms with Gasteiger partial charge in [0.1, 0.15) is 11.4 Å². The van der Waals surface area contributed by atoms with E-state index in [9.17, 15) is 9.59 Å². The maximum absolute atomic E-state index is 12.9. The van der Waals surface area contributed by atoms with Crippen LogP contribution >= 0.6 is 0 Å². The van der Waals surface area contributed by atoms with Gasteiger partial charge in [-0.05, 0) is 24.0 Å². The van der Waals surface area contributed by atoms with Crippen LogP contribution in [0.5, 0.6) is 5.75 Å². The molecule has 2 aromatic rings. The minimum atomic E-state index is -0.525. The highest BCUT2D eigenvalue weighted by Gasteiger charge is 2.52. The van der Waals surface area contributed by atoms with Crippen LogP contribution in [0, 0.1) is 10.8 Å². The zero-order valence-electron chi connectivity index (χ0n) is 19.2. The summed E-state index contributed by atoms with van der Waals surface area (Å²) in [4.78, 5) is 29.9. The highest BCUT2D eigenvalue weighted by molar-refractivity contribution is 6.12. The van der Waals surface area contributed by atoms with Gasteiger partial charge in [-0.15, -0.1) is 0 Å². The van der Waals surface area contributed by atoms with Gasteiger partial charge in [0.2, 0.25) is 5.91 Å². The molecule has 1 aliphatic carbocycles. The molecular formula is C24H34N3O4+. The molecule has 1 saturated heterocycles. The number of carbonyl (C=O) groups excluding carboxylic acids is 2. The number of hydrogen-bond acceptors (Lipinski definition) is 4. The Kier molecular flexibility index (Phi) is 5.50. The van der Waals surface area contributed by atoms with Crippen molar-refractivity contribution in [2.75, 3.05) is 32.6 Å². The van der Waals surface area contributed by atoms with E-state index in [0.29, 0.717) is 45.6 Å². The summed E-state index contributed by atoms with van der Waals surface area (Å²) in [6.45, 7) is 9.06. The Bertz CT molecular complexity index is 1010. The summed E-state index contributed by atoms with van der Waals surface area (Å²) in [6, 6.07) is 6.11. The van der Waals surface area contributed by atoms with Crippen molar-refractivity contribution in [3.8, 4) is 5.75 Å². The number of anilines is 1. The van der Waals surface area contributed by atoms with Gasteiger partial charge in [0.15, 0.2) is 0 Å². The van der Waals surface area contributed by atoms with E-state index in [1.165, 1.54) is 31.3 Å². The van der Waals surface area contributed by atoms with E-state index in [2.05, 4.69) is 31.1 Å². The zero-order chi connectivity index (χ0) is 22.4. The molecule has 1 aromatic carbocycles. The lowest BCUT2D eigenvalue weighted by Gasteiger charge is -2.37. The fourth-order valence-electron chi connectivity index (χ4n) is 6.28. The predicted molar refractivity (Wildman–Crippen MR) is 120 cm³/mol. The average Bonchev–Trinajstić information content (AvgIpc) is 3.18. The number of benzene rings is 1. The van der Waals surface area contributed by atoms with Crippen molar-refractivity contribution < 1.29 is 24.0 Å². The van der Waals surface area contributed by atoms with Crippen LogP contribution in [0.2, 0.25) is 0 Å². The fraction of sp³-hybridized carbons (Fsp3) is 0.583. The van der Waals surface area contributed by atoms with Crippen LogP contribution < -0.4 is 15.0 Å². The third-order valence-electron chi connectivity index (χ3n) is 7.01. The van der Waals surface area contributed by atoms with E-state index in [4.69, 9.17) is 9.47 Å². The van der Waals surface area contributed by atoms with Gasteiger partial charge in [-0.1, -0.05) is 26.8 Å². The summed E-state index contributed by atoms with van der Waals surface area (Å²) < 4.78 is 10.4.